The Morgan fingerprint density at radius 3 is 2.90 bits per heavy atom. The number of benzene rings is 1. The average Bonchev–Trinajstić information content (AvgIpc) is 3.45. The second-order valence-electron chi connectivity index (χ2n) is 7.85. The number of nitrogens with one attached hydrogen (secondary N) is 3. The first kappa shape index (κ1) is 20.4. The van der Waals surface area contributed by atoms with Gasteiger partial charge in [0, 0.05) is 43.3 Å². The number of ether oxygens (including phenoxy) is 1. The number of rotatable bonds is 7. The van der Waals surface area contributed by atoms with Crippen molar-refractivity contribution in [2.75, 3.05) is 19.7 Å². The minimum atomic E-state index is 0.255. The van der Waals surface area contributed by atoms with Crippen molar-refractivity contribution in [3.05, 3.63) is 47.2 Å². The average molecular weight is 410 g/mol. The summed E-state index contributed by atoms with van der Waals surface area (Å²) in [6.07, 6.45) is 3.39. The van der Waals surface area contributed by atoms with Crippen LogP contribution in [-0.4, -0.2) is 51.5 Å². The summed E-state index contributed by atoms with van der Waals surface area (Å²) in [4.78, 5) is 8.21. The van der Waals surface area contributed by atoms with Gasteiger partial charge in [-0.05, 0) is 44.7 Å². The summed E-state index contributed by atoms with van der Waals surface area (Å²) < 4.78 is 7.71. The molecule has 1 fully saturated rings. The standard InChI is InChI=1S/C22H31N7O/c1-15-18(19-8-4-5-9-20(19)26-15)10-11-23-22(24-13-17-7-6-12-30-17)25-14-21-28-27-16(2)29(21)3/h4-5,8-9,17,26H,6-7,10-14H2,1-3H3,(H2,23,24,25). The van der Waals surface area contributed by atoms with Crippen LogP contribution in [0, 0.1) is 13.8 Å². The molecule has 0 spiro atoms. The van der Waals surface area contributed by atoms with E-state index in [0.29, 0.717) is 6.54 Å². The molecule has 8 heteroatoms. The van der Waals surface area contributed by atoms with Gasteiger partial charge < -0.3 is 24.9 Å². The Bertz CT molecular complexity index is 1010. The zero-order valence-corrected chi connectivity index (χ0v) is 18.0. The van der Waals surface area contributed by atoms with E-state index in [2.05, 4.69) is 57.0 Å². The lowest BCUT2D eigenvalue weighted by Gasteiger charge is -2.16. The fourth-order valence-corrected chi connectivity index (χ4v) is 3.89. The van der Waals surface area contributed by atoms with E-state index < -0.39 is 0 Å². The largest absolute Gasteiger partial charge is 0.376 e. The molecule has 3 aromatic rings. The third kappa shape index (κ3) is 4.64. The zero-order valence-electron chi connectivity index (χ0n) is 18.0. The minimum Gasteiger partial charge on any atom is -0.376 e. The Labute approximate surface area is 177 Å². The molecular weight excluding hydrogens is 378 g/mol. The molecule has 0 radical (unpaired) electrons. The van der Waals surface area contributed by atoms with E-state index in [1.165, 1.54) is 22.2 Å². The van der Waals surface area contributed by atoms with Gasteiger partial charge in [-0.25, -0.2) is 4.99 Å². The lowest BCUT2D eigenvalue weighted by Crippen LogP contribution is -2.42. The van der Waals surface area contributed by atoms with Gasteiger partial charge in [0.1, 0.15) is 12.4 Å². The lowest BCUT2D eigenvalue weighted by atomic mass is 10.1. The number of H-pyrrole nitrogens is 1. The number of fused-ring (bicyclic) bond motifs is 1. The van der Waals surface area contributed by atoms with Crippen LogP contribution < -0.4 is 10.6 Å². The van der Waals surface area contributed by atoms with Gasteiger partial charge >= 0.3 is 0 Å². The van der Waals surface area contributed by atoms with Gasteiger partial charge in [0.05, 0.1) is 6.10 Å². The second-order valence-corrected chi connectivity index (χ2v) is 7.85. The molecular formula is C22H31N7O. The van der Waals surface area contributed by atoms with Gasteiger partial charge in [-0.1, -0.05) is 18.2 Å². The molecule has 1 unspecified atom stereocenters. The molecule has 3 N–H and O–H groups in total. The molecule has 0 bridgehead atoms. The summed E-state index contributed by atoms with van der Waals surface area (Å²) in [6, 6.07) is 8.45. The van der Waals surface area contributed by atoms with Gasteiger partial charge in [0.25, 0.3) is 0 Å². The summed E-state index contributed by atoms with van der Waals surface area (Å²) in [5, 5.41) is 16.5. The molecule has 3 heterocycles. The fourth-order valence-electron chi connectivity index (χ4n) is 3.89. The van der Waals surface area contributed by atoms with Crippen LogP contribution in [-0.2, 0) is 24.8 Å². The zero-order chi connectivity index (χ0) is 20.9. The van der Waals surface area contributed by atoms with Crippen LogP contribution in [0.1, 0.15) is 35.7 Å². The van der Waals surface area contributed by atoms with Crippen LogP contribution in [0.4, 0.5) is 0 Å². The predicted octanol–water partition coefficient (Wildman–Crippen LogP) is 2.37. The topological polar surface area (TPSA) is 92.2 Å². The maximum atomic E-state index is 5.74. The highest BCUT2D eigenvalue weighted by atomic mass is 16.5. The van der Waals surface area contributed by atoms with E-state index >= 15 is 0 Å². The van der Waals surface area contributed by atoms with Gasteiger partial charge in [0.15, 0.2) is 11.8 Å². The lowest BCUT2D eigenvalue weighted by molar-refractivity contribution is 0.114. The third-order valence-corrected chi connectivity index (χ3v) is 5.78. The number of para-hydroxylation sites is 1. The van der Waals surface area contributed by atoms with Crippen LogP contribution in [0.5, 0.6) is 0 Å². The monoisotopic (exact) mass is 409 g/mol. The Morgan fingerprint density at radius 1 is 1.27 bits per heavy atom. The SMILES string of the molecule is Cc1[nH]c2ccccc2c1CCNC(=NCc1nnc(C)n1C)NCC1CCCO1. The number of aryl methyl sites for hydroxylation is 2. The summed E-state index contributed by atoms with van der Waals surface area (Å²) in [7, 11) is 1.97. The molecule has 0 aliphatic carbocycles. The normalized spacial score (nSPS) is 17.0. The van der Waals surface area contributed by atoms with Gasteiger partial charge in [-0.3, -0.25) is 0 Å². The first-order valence-electron chi connectivity index (χ1n) is 10.7. The van der Waals surface area contributed by atoms with E-state index in [1.54, 1.807) is 0 Å². The molecule has 0 amide bonds. The van der Waals surface area contributed by atoms with E-state index in [0.717, 1.165) is 56.6 Å². The van der Waals surface area contributed by atoms with E-state index in [-0.39, 0.29) is 6.10 Å². The minimum absolute atomic E-state index is 0.255. The highest BCUT2D eigenvalue weighted by molar-refractivity contribution is 5.84. The van der Waals surface area contributed by atoms with Crippen molar-refractivity contribution in [2.24, 2.45) is 12.0 Å². The number of hydrogen-bond acceptors (Lipinski definition) is 4. The Morgan fingerprint density at radius 2 is 2.13 bits per heavy atom. The smallest absolute Gasteiger partial charge is 0.191 e. The molecule has 1 saturated heterocycles. The summed E-state index contributed by atoms with van der Waals surface area (Å²) in [6.45, 7) is 6.96. The van der Waals surface area contributed by atoms with Crippen molar-refractivity contribution in [1.82, 2.24) is 30.4 Å². The summed E-state index contributed by atoms with van der Waals surface area (Å²) in [5.74, 6) is 2.51. The first-order chi connectivity index (χ1) is 14.6. The third-order valence-electron chi connectivity index (χ3n) is 5.78. The predicted molar refractivity (Wildman–Crippen MR) is 119 cm³/mol. The molecule has 1 atom stereocenters. The van der Waals surface area contributed by atoms with Crippen LogP contribution >= 0.6 is 0 Å². The van der Waals surface area contributed by atoms with Crippen molar-refractivity contribution in [2.45, 2.75) is 45.8 Å². The Balaban J connectivity index is 1.41. The van der Waals surface area contributed by atoms with Crippen molar-refractivity contribution >= 4 is 16.9 Å². The van der Waals surface area contributed by atoms with Crippen molar-refractivity contribution in [1.29, 1.82) is 0 Å². The van der Waals surface area contributed by atoms with E-state index in [4.69, 9.17) is 9.73 Å². The van der Waals surface area contributed by atoms with Gasteiger partial charge in [-0.15, -0.1) is 10.2 Å². The van der Waals surface area contributed by atoms with Crippen molar-refractivity contribution in [3.63, 3.8) is 0 Å². The number of aliphatic imine (C=N–C) groups is 1. The molecule has 30 heavy (non-hydrogen) atoms. The molecule has 0 saturated carbocycles. The quantitative estimate of drug-likeness (QED) is 0.412. The van der Waals surface area contributed by atoms with E-state index in [9.17, 15) is 0 Å². The molecule has 1 aromatic carbocycles. The number of aromatic nitrogens is 4. The molecule has 4 rings (SSSR count). The number of guanidine groups is 1. The second kappa shape index (κ2) is 9.30. The molecule has 1 aliphatic heterocycles. The maximum absolute atomic E-state index is 5.74. The maximum Gasteiger partial charge on any atom is 0.191 e. The Kier molecular flexibility index (Phi) is 6.32. The highest BCUT2D eigenvalue weighted by Crippen LogP contribution is 2.21. The molecule has 8 nitrogen and oxygen atoms in total. The molecule has 160 valence electrons. The van der Waals surface area contributed by atoms with Crippen LogP contribution in [0.15, 0.2) is 29.3 Å². The first-order valence-corrected chi connectivity index (χ1v) is 10.7. The van der Waals surface area contributed by atoms with E-state index in [1.807, 2.05) is 18.5 Å². The molecule has 1 aliphatic rings. The van der Waals surface area contributed by atoms with Crippen molar-refractivity contribution in [3.8, 4) is 0 Å². The highest BCUT2D eigenvalue weighted by Gasteiger charge is 2.16. The van der Waals surface area contributed by atoms with Gasteiger partial charge in [0.2, 0.25) is 0 Å². The fraction of sp³-hybridized carbons (Fsp3) is 0.500. The molecule has 2 aromatic heterocycles. The number of hydrogen-bond donors (Lipinski definition) is 3. The van der Waals surface area contributed by atoms with Crippen LogP contribution in [0.25, 0.3) is 10.9 Å². The van der Waals surface area contributed by atoms with Gasteiger partial charge in [-0.2, -0.15) is 0 Å². The summed E-state index contributed by atoms with van der Waals surface area (Å²) >= 11 is 0. The Hall–Kier alpha value is -2.87. The van der Waals surface area contributed by atoms with Crippen LogP contribution in [0.2, 0.25) is 0 Å². The van der Waals surface area contributed by atoms with Crippen molar-refractivity contribution < 1.29 is 4.74 Å². The summed E-state index contributed by atoms with van der Waals surface area (Å²) in [5.41, 5.74) is 3.76. The van der Waals surface area contributed by atoms with Crippen LogP contribution in [0.3, 0.4) is 0 Å². The number of nitrogens with zero attached hydrogens (tertiary/aromatic N) is 4. The number of aromatic amines is 1.